The van der Waals surface area contributed by atoms with E-state index < -0.39 is 17.6 Å². The van der Waals surface area contributed by atoms with Gasteiger partial charge in [0.1, 0.15) is 0 Å². The summed E-state index contributed by atoms with van der Waals surface area (Å²) in [6.45, 7) is 1.50. The van der Waals surface area contributed by atoms with Gasteiger partial charge in [-0.2, -0.15) is 0 Å². The Bertz CT molecular complexity index is 626. The molecule has 0 unspecified atom stereocenters. The van der Waals surface area contributed by atoms with E-state index in [4.69, 9.17) is 5.11 Å². The maximum absolute atomic E-state index is 13.5. The molecule has 0 saturated carbocycles. The average Bonchev–Trinajstić information content (AvgIpc) is 2.32. The van der Waals surface area contributed by atoms with Crippen molar-refractivity contribution in [3.05, 3.63) is 53.2 Å². The Labute approximate surface area is 102 Å². The van der Waals surface area contributed by atoms with Crippen molar-refractivity contribution in [2.45, 2.75) is 6.92 Å². The van der Waals surface area contributed by atoms with Crippen LogP contribution in [0.25, 0.3) is 11.3 Å². The van der Waals surface area contributed by atoms with Crippen molar-refractivity contribution in [2.24, 2.45) is 0 Å². The molecule has 1 N–H and O–H groups in total. The van der Waals surface area contributed by atoms with Crippen molar-refractivity contribution >= 4 is 5.97 Å². The number of carboxylic acids is 1. The lowest BCUT2D eigenvalue weighted by Gasteiger charge is -2.06. The molecule has 0 saturated heterocycles. The van der Waals surface area contributed by atoms with E-state index in [1.54, 1.807) is 0 Å². The molecule has 0 aliphatic carbocycles. The highest BCUT2D eigenvalue weighted by Crippen LogP contribution is 2.23. The van der Waals surface area contributed by atoms with Gasteiger partial charge in [0.15, 0.2) is 11.6 Å². The number of hydrogen-bond donors (Lipinski definition) is 1. The lowest BCUT2D eigenvalue weighted by Crippen LogP contribution is -2.02. The number of nitrogens with zero attached hydrogens (tertiary/aromatic N) is 1. The van der Waals surface area contributed by atoms with E-state index in [0.717, 1.165) is 6.07 Å². The first-order valence-electron chi connectivity index (χ1n) is 5.16. The van der Waals surface area contributed by atoms with Crippen LogP contribution in [0.4, 0.5) is 8.78 Å². The number of hydrogen-bond acceptors (Lipinski definition) is 2. The van der Waals surface area contributed by atoms with Gasteiger partial charge in [-0.05, 0) is 31.2 Å². The summed E-state index contributed by atoms with van der Waals surface area (Å²) in [6.07, 6.45) is 0. The van der Waals surface area contributed by atoms with Crippen molar-refractivity contribution in [2.75, 3.05) is 0 Å². The second-order valence-electron chi connectivity index (χ2n) is 3.74. The Kier molecular flexibility index (Phi) is 3.06. The molecule has 2 rings (SSSR count). The first-order valence-corrected chi connectivity index (χ1v) is 5.16. The van der Waals surface area contributed by atoms with Crippen molar-refractivity contribution < 1.29 is 18.7 Å². The molecule has 0 radical (unpaired) electrons. The molecule has 0 spiro atoms. The van der Waals surface area contributed by atoms with Gasteiger partial charge in [-0.15, -0.1) is 0 Å². The lowest BCUT2D eigenvalue weighted by molar-refractivity contribution is 0.0695. The maximum Gasteiger partial charge on any atom is 0.337 e. The molecule has 92 valence electrons. The first-order chi connectivity index (χ1) is 8.50. The minimum absolute atomic E-state index is 0.00930. The highest BCUT2D eigenvalue weighted by Gasteiger charge is 2.13. The second kappa shape index (κ2) is 4.52. The zero-order chi connectivity index (χ0) is 13.3. The number of carbonyl (C=O) groups is 1. The molecule has 3 nitrogen and oxygen atoms in total. The molecule has 18 heavy (non-hydrogen) atoms. The van der Waals surface area contributed by atoms with Crippen LogP contribution >= 0.6 is 0 Å². The number of aryl methyl sites for hydroxylation is 1. The van der Waals surface area contributed by atoms with Gasteiger partial charge in [0.25, 0.3) is 0 Å². The molecule has 5 heteroatoms. The monoisotopic (exact) mass is 249 g/mol. The number of aromatic carboxylic acids is 1. The van der Waals surface area contributed by atoms with Gasteiger partial charge < -0.3 is 5.11 Å². The van der Waals surface area contributed by atoms with Crippen molar-refractivity contribution in [1.29, 1.82) is 0 Å². The average molecular weight is 249 g/mol. The van der Waals surface area contributed by atoms with Crippen LogP contribution in [0.3, 0.4) is 0 Å². The van der Waals surface area contributed by atoms with E-state index in [2.05, 4.69) is 4.98 Å². The molecule has 1 heterocycles. The molecule has 0 aliphatic heterocycles. The van der Waals surface area contributed by atoms with Crippen LogP contribution in [0, 0.1) is 18.6 Å². The van der Waals surface area contributed by atoms with Crippen LogP contribution in [0.15, 0.2) is 30.3 Å². The fraction of sp³-hybridized carbons (Fsp3) is 0.0769. The summed E-state index contributed by atoms with van der Waals surface area (Å²) in [6, 6.07) is 6.45. The van der Waals surface area contributed by atoms with Crippen molar-refractivity contribution in [3.63, 3.8) is 0 Å². The Morgan fingerprint density at radius 2 is 1.94 bits per heavy atom. The topological polar surface area (TPSA) is 50.2 Å². The summed E-state index contributed by atoms with van der Waals surface area (Å²) in [5.41, 5.74) is 0.503. The highest BCUT2D eigenvalue weighted by molar-refractivity contribution is 5.89. The van der Waals surface area contributed by atoms with Crippen LogP contribution in [0.2, 0.25) is 0 Å². The van der Waals surface area contributed by atoms with E-state index in [1.165, 1.54) is 31.2 Å². The third-order valence-electron chi connectivity index (χ3n) is 2.54. The number of rotatable bonds is 2. The molecule has 1 aromatic carbocycles. The minimum atomic E-state index is -1.11. The normalized spacial score (nSPS) is 10.4. The molecular formula is C13H9F2NO2. The van der Waals surface area contributed by atoms with Crippen LogP contribution in [-0.4, -0.2) is 16.1 Å². The number of pyridine rings is 1. The van der Waals surface area contributed by atoms with Gasteiger partial charge in [-0.1, -0.05) is 6.07 Å². The second-order valence-corrected chi connectivity index (χ2v) is 3.74. The Balaban J connectivity index is 2.56. The van der Waals surface area contributed by atoms with Crippen molar-refractivity contribution in [3.8, 4) is 11.3 Å². The van der Waals surface area contributed by atoms with E-state index in [0.29, 0.717) is 0 Å². The van der Waals surface area contributed by atoms with Gasteiger partial charge >= 0.3 is 5.97 Å². The molecule has 0 aliphatic rings. The summed E-state index contributed by atoms with van der Waals surface area (Å²) in [4.78, 5) is 14.8. The fourth-order valence-corrected chi connectivity index (χ4v) is 1.64. The zero-order valence-electron chi connectivity index (χ0n) is 9.45. The van der Waals surface area contributed by atoms with E-state index in [-0.39, 0.29) is 22.5 Å². The third-order valence-corrected chi connectivity index (χ3v) is 2.54. The Hall–Kier alpha value is -2.30. The lowest BCUT2D eigenvalue weighted by atomic mass is 10.1. The van der Waals surface area contributed by atoms with Gasteiger partial charge in [-0.25, -0.2) is 13.6 Å². The van der Waals surface area contributed by atoms with Gasteiger partial charge in [0.05, 0.1) is 17.0 Å². The van der Waals surface area contributed by atoms with Gasteiger partial charge in [0, 0.05) is 5.56 Å². The molecule has 0 fully saturated rings. The SMILES string of the molecule is Cc1nc(-c2cccc(F)c2F)ccc1C(=O)O. The Morgan fingerprint density at radius 1 is 1.22 bits per heavy atom. The van der Waals surface area contributed by atoms with Crippen LogP contribution in [0.5, 0.6) is 0 Å². The Morgan fingerprint density at radius 3 is 2.56 bits per heavy atom. The molecule has 2 aromatic rings. The van der Waals surface area contributed by atoms with Crippen LogP contribution < -0.4 is 0 Å². The quantitative estimate of drug-likeness (QED) is 0.889. The number of halogens is 2. The maximum atomic E-state index is 13.5. The predicted octanol–water partition coefficient (Wildman–Crippen LogP) is 3.03. The molecular weight excluding hydrogens is 240 g/mol. The molecule has 0 amide bonds. The predicted molar refractivity (Wildman–Crippen MR) is 61.3 cm³/mol. The molecule has 0 bridgehead atoms. The van der Waals surface area contributed by atoms with Crippen LogP contribution in [-0.2, 0) is 0 Å². The van der Waals surface area contributed by atoms with E-state index >= 15 is 0 Å². The smallest absolute Gasteiger partial charge is 0.337 e. The highest BCUT2D eigenvalue weighted by atomic mass is 19.2. The van der Waals surface area contributed by atoms with E-state index in [1.807, 2.05) is 0 Å². The minimum Gasteiger partial charge on any atom is -0.478 e. The molecule has 0 atom stereocenters. The molecule has 1 aromatic heterocycles. The first kappa shape index (κ1) is 12.2. The summed E-state index contributed by atoms with van der Waals surface area (Å²) < 4.78 is 26.6. The number of carboxylic acid groups (broad SMARTS) is 1. The summed E-state index contributed by atoms with van der Waals surface area (Å²) in [5.74, 6) is -3.06. The third kappa shape index (κ3) is 2.07. The van der Waals surface area contributed by atoms with Gasteiger partial charge in [-0.3, -0.25) is 4.98 Å². The number of benzene rings is 1. The standard InChI is InChI=1S/C13H9F2NO2/c1-7-8(13(17)18)5-6-11(16-7)9-3-2-4-10(14)12(9)15/h2-6H,1H3,(H,17,18). The van der Waals surface area contributed by atoms with Crippen LogP contribution in [0.1, 0.15) is 16.1 Å². The van der Waals surface area contributed by atoms with Crippen molar-refractivity contribution in [1.82, 2.24) is 4.98 Å². The zero-order valence-corrected chi connectivity index (χ0v) is 9.45. The summed E-state index contributed by atoms with van der Waals surface area (Å²) in [7, 11) is 0. The van der Waals surface area contributed by atoms with E-state index in [9.17, 15) is 13.6 Å². The summed E-state index contributed by atoms with van der Waals surface area (Å²) >= 11 is 0. The number of aromatic nitrogens is 1. The summed E-state index contributed by atoms with van der Waals surface area (Å²) in [5, 5.41) is 8.85. The van der Waals surface area contributed by atoms with Gasteiger partial charge in [0.2, 0.25) is 0 Å². The fourth-order valence-electron chi connectivity index (χ4n) is 1.64. The largest absolute Gasteiger partial charge is 0.478 e.